The Morgan fingerprint density at radius 3 is 2.29 bits per heavy atom. The average Bonchev–Trinajstić information content (AvgIpc) is 2.36. The number of carbonyl (C=O) groups is 1. The second kappa shape index (κ2) is 8.25. The summed E-state index contributed by atoms with van der Waals surface area (Å²) in [6.45, 7) is 5.83. The maximum atomic E-state index is 11.2. The maximum absolute atomic E-state index is 11.2. The number of hydrogen-bond acceptors (Lipinski definition) is 4. The zero-order valence-corrected chi connectivity index (χ0v) is 11.3. The van der Waals surface area contributed by atoms with Crippen LogP contribution in [0.3, 0.4) is 0 Å². The molecule has 0 aliphatic heterocycles. The number of hydrogen-bond donors (Lipinski definition) is 0. The van der Waals surface area contributed by atoms with Crippen LogP contribution < -0.4 is 0 Å². The molecule has 0 saturated carbocycles. The minimum absolute atomic E-state index is 0.210. The molecule has 100 valence electrons. The Balaban J connectivity index is 4.79. The third-order valence-electron chi connectivity index (χ3n) is 3.24. The van der Waals surface area contributed by atoms with Gasteiger partial charge in [0.05, 0.1) is 7.11 Å². The van der Waals surface area contributed by atoms with E-state index in [9.17, 15) is 4.79 Å². The van der Waals surface area contributed by atoms with E-state index in [4.69, 9.17) is 9.47 Å². The van der Waals surface area contributed by atoms with Crippen molar-refractivity contribution in [1.82, 2.24) is 0 Å². The van der Waals surface area contributed by atoms with Gasteiger partial charge in [-0.25, -0.2) is 0 Å². The summed E-state index contributed by atoms with van der Waals surface area (Å²) in [6, 6.07) is 0. The van der Waals surface area contributed by atoms with Gasteiger partial charge in [0.15, 0.2) is 6.29 Å². The predicted molar refractivity (Wildman–Crippen MR) is 66.6 cm³/mol. The molecule has 0 saturated heterocycles. The molecule has 1 unspecified atom stereocenters. The molecule has 0 bridgehead atoms. The van der Waals surface area contributed by atoms with Crippen molar-refractivity contribution in [2.24, 2.45) is 5.41 Å². The second-order valence-corrected chi connectivity index (χ2v) is 4.09. The van der Waals surface area contributed by atoms with E-state index in [1.165, 1.54) is 7.11 Å². The van der Waals surface area contributed by atoms with Gasteiger partial charge in [-0.1, -0.05) is 13.0 Å². The van der Waals surface area contributed by atoms with E-state index in [0.717, 1.165) is 12.8 Å². The molecule has 0 fully saturated rings. The summed E-state index contributed by atoms with van der Waals surface area (Å²) in [7, 11) is 4.62. The number of carbonyl (C=O) groups excluding carboxylic acids is 1. The Bertz CT molecular complexity index is 236. The highest BCUT2D eigenvalue weighted by atomic mass is 16.7. The Morgan fingerprint density at radius 1 is 1.35 bits per heavy atom. The van der Waals surface area contributed by atoms with Crippen molar-refractivity contribution >= 4 is 5.97 Å². The van der Waals surface area contributed by atoms with Gasteiger partial charge < -0.3 is 14.2 Å². The van der Waals surface area contributed by atoms with Crippen LogP contribution in [0.1, 0.15) is 32.6 Å². The van der Waals surface area contributed by atoms with Crippen LogP contribution in [-0.2, 0) is 19.0 Å². The van der Waals surface area contributed by atoms with Crippen LogP contribution in [0.15, 0.2) is 12.7 Å². The van der Waals surface area contributed by atoms with Gasteiger partial charge in [-0.3, -0.25) is 4.79 Å². The smallest absolute Gasteiger partial charge is 0.305 e. The first-order valence-corrected chi connectivity index (χ1v) is 5.83. The first-order valence-electron chi connectivity index (χ1n) is 5.83. The standard InChI is InChI=1S/C13H24O4/c1-6-9-13(7-2,12(16-4)17-5)10-8-11(14)15-3/h6,12H,1,7-10H2,2-5H3. The van der Waals surface area contributed by atoms with Crippen LogP contribution in [0.2, 0.25) is 0 Å². The van der Waals surface area contributed by atoms with E-state index in [1.54, 1.807) is 14.2 Å². The van der Waals surface area contributed by atoms with Gasteiger partial charge in [0.25, 0.3) is 0 Å². The summed E-state index contributed by atoms with van der Waals surface area (Å²) in [4.78, 5) is 11.2. The molecule has 0 aliphatic carbocycles. The highest BCUT2D eigenvalue weighted by Crippen LogP contribution is 2.38. The summed E-state index contributed by atoms with van der Waals surface area (Å²) in [5.41, 5.74) is -0.223. The third kappa shape index (κ3) is 4.48. The fourth-order valence-electron chi connectivity index (χ4n) is 2.14. The van der Waals surface area contributed by atoms with Gasteiger partial charge in [0.1, 0.15) is 0 Å². The lowest BCUT2D eigenvalue weighted by Gasteiger charge is -2.37. The van der Waals surface area contributed by atoms with Gasteiger partial charge in [0.2, 0.25) is 0 Å². The van der Waals surface area contributed by atoms with Crippen LogP contribution in [0.4, 0.5) is 0 Å². The largest absolute Gasteiger partial charge is 0.469 e. The summed E-state index contributed by atoms with van der Waals surface area (Å²) in [6.07, 6.45) is 4.12. The quantitative estimate of drug-likeness (QED) is 0.355. The first kappa shape index (κ1) is 16.1. The fourth-order valence-corrected chi connectivity index (χ4v) is 2.14. The van der Waals surface area contributed by atoms with Crippen LogP contribution in [0.25, 0.3) is 0 Å². The molecule has 4 heteroatoms. The number of ether oxygens (including phenoxy) is 3. The summed E-state index contributed by atoms with van der Waals surface area (Å²) in [5.74, 6) is -0.210. The van der Waals surface area contributed by atoms with Crippen LogP contribution in [-0.4, -0.2) is 33.6 Å². The highest BCUT2D eigenvalue weighted by molar-refractivity contribution is 5.69. The molecule has 17 heavy (non-hydrogen) atoms. The molecule has 0 amide bonds. The van der Waals surface area contributed by atoms with Gasteiger partial charge in [0, 0.05) is 26.1 Å². The molecule has 4 nitrogen and oxygen atoms in total. The van der Waals surface area contributed by atoms with Crippen molar-refractivity contribution in [2.45, 2.75) is 38.9 Å². The van der Waals surface area contributed by atoms with Crippen molar-refractivity contribution in [3.63, 3.8) is 0 Å². The van der Waals surface area contributed by atoms with E-state index in [0.29, 0.717) is 12.8 Å². The second-order valence-electron chi connectivity index (χ2n) is 4.09. The number of esters is 1. The molecular weight excluding hydrogens is 220 g/mol. The van der Waals surface area contributed by atoms with Crippen molar-refractivity contribution in [2.75, 3.05) is 21.3 Å². The van der Waals surface area contributed by atoms with E-state index in [-0.39, 0.29) is 17.7 Å². The minimum atomic E-state index is -0.338. The van der Waals surface area contributed by atoms with Crippen molar-refractivity contribution < 1.29 is 19.0 Å². The predicted octanol–water partition coefficient (Wildman–Crippen LogP) is 2.53. The Hall–Kier alpha value is -0.870. The van der Waals surface area contributed by atoms with Crippen molar-refractivity contribution in [3.8, 4) is 0 Å². The summed E-state index contributed by atoms with van der Waals surface area (Å²) in [5, 5.41) is 0. The van der Waals surface area contributed by atoms with E-state index < -0.39 is 0 Å². The SMILES string of the molecule is C=CCC(CC)(CCC(=O)OC)C(OC)OC. The Morgan fingerprint density at radius 2 is 1.94 bits per heavy atom. The van der Waals surface area contributed by atoms with Gasteiger partial charge in [-0.15, -0.1) is 6.58 Å². The normalized spacial score (nSPS) is 14.4. The first-order chi connectivity index (χ1) is 8.10. The van der Waals surface area contributed by atoms with E-state index in [1.807, 2.05) is 6.08 Å². The fraction of sp³-hybridized carbons (Fsp3) is 0.769. The van der Waals surface area contributed by atoms with Crippen molar-refractivity contribution in [3.05, 3.63) is 12.7 Å². The molecule has 0 aromatic carbocycles. The number of methoxy groups -OCH3 is 3. The van der Waals surface area contributed by atoms with Gasteiger partial charge in [-0.2, -0.15) is 0 Å². The molecule has 0 aromatic rings. The summed E-state index contributed by atoms with van der Waals surface area (Å²) >= 11 is 0. The molecule has 0 aliphatic rings. The Labute approximate surface area is 104 Å². The zero-order chi connectivity index (χ0) is 13.3. The molecule has 0 radical (unpaired) electrons. The lowest BCUT2D eigenvalue weighted by Crippen LogP contribution is -2.38. The molecule has 0 aromatic heterocycles. The van der Waals surface area contributed by atoms with Gasteiger partial charge >= 0.3 is 5.97 Å². The molecule has 1 atom stereocenters. The molecule has 0 N–H and O–H groups in total. The van der Waals surface area contributed by atoms with Crippen LogP contribution in [0.5, 0.6) is 0 Å². The lowest BCUT2D eigenvalue weighted by atomic mass is 9.76. The summed E-state index contributed by atoms with van der Waals surface area (Å²) < 4.78 is 15.4. The van der Waals surface area contributed by atoms with E-state index >= 15 is 0 Å². The monoisotopic (exact) mass is 244 g/mol. The number of allylic oxidation sites excluding steroid dienone is 1. The Kier molecular flexibility index (Phi) is 7.83. The molecular formula is C13H24O4. The van der Waals surface area contributed by atoms with Gasteiger partial charge in [-0.05, 0) is 19.3 Å². The third-order valence-corrected chi connectivity index (χ3v) is 3.24. The average molecular weight is 244 g/mol. The topological polar surface area (TPSA) is 44.8 Å². The van der Waals surface area contributed by atoms with E-state index in [2.05, 4.69) is 18.2 Å². The maximum Gasteiger partial charge on any atom is 0.305 e. The van der Waals surface area contributed by atoms with Crippen molar-refractivity contribution in [1.29, 1.82) is 0 Å². The zero-order valence-electron chi connectivity index (χ0n) is 11.3. The highest BCUT2D eigenvalue weighted by Gasteiger charge is 2.37. The molecule has 0 rings (SSSR count). The van der Waals surface area contributed by atoms with Crippen LogP contribution in [0, 0.1) is 5.41 Å². The van der Waals surface area contributed by atoms with Crippen LogP contribution >= 0.6 is 0 Å². The minimum Gasteiger partial charge on any atom is -0.469 e. The lowest BCUT2D eigenvalue weighted by molar-refractivity contribution is -0.183. The molecule has 0 heterocycles. The number of rotatable bonds is 9. The molecule has 0 spiro atoms.